The van der Waals surface area contributed by atoms with Crippen LogP contribution in [0.4, 0.5) is 23.2 Å². The second-order valence-corrected chi connectivity index (χ2v) is 9.74. The molecule has 1 aromatic heterocycles. The Bertz CT molecular complexity index is 1210. The quantitative estimate of drug-likeness (QED) is 0.448. The zero-order valence-corrected chi connectivity index (χ0v) is 20.2. The van der Waals surface area contributed by atoms with Crippen LogP contribution in [-0.2, 0) is 11.3 Å². The summed E-state index contributed by atoms with van der Waals surface area (Å²) in [7, 11) is 0. The zero-order chi connectivity index (χ0) is 26.3. The molecule has 2 saturated heterocycles. The molecule has 8 nitrogen and oxygen atoms in total. The van der Waals surface area contributed by atoms with Crippen LogP contribution in [0.1, 0.15) is 53.7 Å². The van der Waals surface area contributed by atoms with E-state index in [1.165, 1.54) is 18.2 Å². The summed E-state index contributed by atoms with van der Waals surface area (Å²) in [6, 6.07) is 6.04. The Morgan fingerprint density at radius 1 is 1.22 bits per heavy atom. The zero-order valence-electron chi connectivity index (χ0n) is 20.2. The first-order valence-electron chi connectivity index (χ1n) is 12.2. The summed E-state index contributed by atoms with van der Waals surface area (Å²) in [5.74, 6) is -5.19. The van der Waals surface area contributed by atoms with Crippen molar-refractivity contribution in [2.24, 2.45) is 0 Å². The first-order valence-corrected chi connectivity index (χ1v) is 12.2. The average molecular weight is 522 g/mol. The van der Waals surface area contributed by atoms with Crippen molar-refractivity contribution in [1.82, 2.24) is 20.3 Å². The first-order chi connectivity index (χ1) is 17.6. The van der Waals surface area contributed by atoms with Crippen molar-refractivity contribution < 1.29 is 31.9 Å². The van der Waals surface area contributed by atoms with Gasteiger partial charge in [0.05, 0.1) is 18.8 Å². The minimum Gasteiger partial charge on any atom is -0.475 e. The van der Waals surface area contributed by atoms with E-state index in [0.29, 0.717) is 55.7 Å². The highest BCUT2D eigenvalue weighted by Gasteiger charge is 2.44. The highest BCUT2D eigenvalue weighted by molar-refractivity contribution is 5.97. The minimum atomic E-state index is -2.83. The van der Waals surface area contributed by atoms with Gasteiger partial charge in [0.1, 0.15) is 5.69 Å². The van der Waals surface area contributed by atoms with Crippen molar-refractivity contribution in [3.05, 3.63) is 52.9 Å². The molecular weight excluding hydrogens is 494 g/mol. The number of benzene rings is 1. The maximum Gasteiger partial charge on any atom is 0.284 e. The summed E-state index contributed by atoms with van der Waals surface area (Å²) in [5, 5.41) is 3.77. The molecule has 0 spiro atoms. The topological polar surface area (TPSA) is 86.8 Å². The highest BCUT2D eigenvalue weighted by atomic mass is 19.3. The molecule has 3 aliphatic rings. The summed E-state index contributed by atoms with van der Waals surface area (Å²) in [6.45, 7) is 2.34. The van der Waals surface area contributed by atoms with Gasteiger partial charge in [-0.15, -0.1) is 0 Å². The first kappa shape index (κ1) is 25.4. The van der Waals surface area contributed by atoms with Gasteiger partial charge in [-0.2, -0.15) is 4.39 Å². The Kier molecular flexibility index (Phi) is 6.80. The van der Waals surface area contributed by atoms with E-state index in [-0.39, 0.29) is 23.3 Å². The molecule has 2 amide bonds. The van der Waals surface area contributed by atoms with Crippen LogP contribution in [0, 0.1) is 11.8 Å². The van der Waals surface area contributed by atoms with Gasteiger partial charge < -0.3 is 10.1 Å². The molecule has 0 aliphatic carbocycles. The Morgan fingerprint density at radius 3 is 2.59 bits per heavy atom. The van der Waals surface area contributed by atoms with Crippen LogP contribution in [0.2, 0.25) is 0 Å². The maximum atomic E-state index is 14.8. The molecule has 0 bridgehead atoms. The number of pyridine rings is 1. The lowest BCUT2D eigenvalue weighted by atomic mass is 9.90. The molecule has 2 aromatic rings. The third kappa shape index (κ3) is 5.40. The molecule has 0 saturated carbocycles. The largest absolute Gasteiger partial charge is 0.475 e. The summed E-state index contributed by atoms with van der Waals surface area (Å²) < 4.78 is 60.8. The fraction of sp³-hybridized carbons (Fsp3) is 0.480. The second kappa shape index (κ2) is 9.90. The number of hydrogen-bond donors (Lipinski definition) is 2. The molecule has 4 heterocycles. The minimum absolute atomic E-state index is 0.0526. The van der Waals surface area contributed by atoms with Crippen LogP contribution < -0.4 is 15.5 Å². The molecule has 198 valence electrons. The predicted molar refractivity (Wildman–Crippen MR) is 125 cm³/mol. The number of carbonyl (C=O) groups is 2. The maximum absolute atomic E-state index is 14.8. The monoisotopic (exact) mass is 521 g/mol. The van der Waals surface area contributed by atoms with E-state index in [9.17, 15) is 27.2 Å². The summed E-state index contributed by atoms with van der Waals surface area (Å²) in [4.78, 5) is 30.2. The van der Waals surface area contributed by atoms with E-state index in [2.05, 4.69) is 20.6 Å². The molecule has 37 heavy (non-hydrogen) atoms. The molecule has 5 rings (SSSR count). The number of hydrazine groups is 1. The summed E-state index contributed by atoms with van der Waals surface area (Å²) in [6.07, 6.45) is 1.00. The SMILES string of the molecule is CCC1Oc2c(F)cc(CN3CCC(c4ccc(C(=O)NN5CC(F)(F)C5)nc4F)CC3)cc2NC1=O. The third-order valence-corrected chi connectivity index (χ3v) is 6.93. The van der Waals surface area contributed by atoms with Gasteiger partial charge >= 0.3 is 0 Å². The molecule has 2 N–H and O–H groups in total. The van der Waals surface area contributed by atoms with Crippen LogP contribution >= 0.6 is 0 Å². The molecule has 1 unspecified atom stereocenters. The molecule has 1 atom stereocenters. The van der Waals surface area contributed by atoms with Gasteiger partial charge in [-0.05, 0) is 62.0 Å². The van der Waals surface area contributed by atoms with Gasteiger partial charge in [0.2, 0.25) is 5.95 Å². The van der Waals surface area contributed by atoms with E-state index in [4.69, 9.17) is 4.74 Å². The van der Waals surface area contributed by atoms with E-state index in [0.717, 1.165) is 5.01 Å². The van der Waals surface area contributed by atoms with Crippen LogP contribution in [0.25, 0.3) is 0 Å². The summed E-state index contributed by atoms with van der Waals surface area (Å²) in [5.41, 5.74) is 3.53. The van der Waals surface area contributed by atoms with Gasteiger partial charge in [-0.1, -0.05) is 13.0 Å². The average Bonchev–Trinajstić information content (AvgIpc) is 2.83. The lowest BCUT2D eigenvalue weighted by Crippen LogP contribution is -2.62. The van der Waals surface area contributed by atoms with Crippen molar-refractivity contribution >= 4 is 17.5 Å². The number of halogens is 4. The van der Waals surface area contributed by atoms with Crippen LogP contribution in [-0.4, -0.2) is 64.9 Å². The number of piperidine rings is 1. The van der Waals surface area contributed by atoms with Crippen molar-refractivity contribution in [3.63, 3.8) is 0 Å². The van der Waals surface area contributed by atoms with E-state index in [1.54, 1.807) is 13.0 Å². The fourth-order valence-electron chi connectivity index (χ4n) is 4.96. The number of aromatic nitrogens is 1. The van der Waals surface area contributed by atoms with E-state index in [1.807, 2.05) is 0 Å². The molecule has 2 fully saturated rings. The van der Waals surface area contributed by atoms with Crippen LogP contribution in [0.5, 0.6) is 5.75 Å². The lowest BCUT2D eigenvalue weighted by molar-refractivity contribution is -0.144. The molecule has 0 radical (unpaired) electrons. The number of ether oxygens (including phenoxy) is 1. The number of hydrogen-bond acceptors (Lipinski definition) is 6. The van der Waals surface area contributed by atoms with Crippen LogP contribution in [0.15, 0.2) is 24.3 Å². The number of fused-ring (bicyclic) bond motifs is 1. The van der Waals surface area contributed by atoms with Gasteiger partial charge in [0.25, 0.3) is 17.7 Å². The Labute approximate surface area is 210 Å². The highest BCUT2D eigenvalue weighted by Crippen LogP contribution is 2.36. The van der Waals surface area contributed by atoms with Crippen molar-refractivity contribution in [3.8, 4) is 5.75 Å². The number of likely N-dealkylation sites (tertiary alicyclic amines) is 1. The Hall–Kier alpha value is -3.25. The van der Waals surface area contributed by atoms with E-state index < -0.39 is 42.8 Å². The summed E-state index contributed by atoms with van der Waals surface area (Å²) >= 11 is 0. The number of rotatable bonds is 6. The van der Waals surface area contributed by atoms with Crippen LogP contribution in [0.3, 0.4) is 0 Å². The fourth-order valence-corrected chi connectivity index (χ4v) is 4.96. The number of alkyl halides is 2. The Balaban J connectivity index is 1.17. The van der Waals surface area contributed by atoms with Crippen molar-refractivity contribution in [2.45, 2.75) is 50.7 Å². The van der Waals surface area contributed by atoms with Crippen molar-refractivity contribution in [1.29, 1.82) is 0 Å². The van der Waals surface area contributed by atoms with Crippen molar-refractivity contribution in [2.75, 3.05) is 31.5 Å². The standard InChI is InChI=1S/C25H27F4N5O3/c1-2-20-24(36)31-19-10-14(9-17(26)21(19)37-20)11-33-7-5-15(6-8-33)16-3-4-18(30-22(16)27)23(35)32-34-12-25(28,29)13-34/h3-4,9-10,15,20H,2,5-8,11-13H2,1H3,(H,31,36)(H,32,35). The smallest absolute Gasteiger partial charge is 0.284 e. The lowest BCUT2D eigenvalue weighted by Gasteiger charge is -2.38. The number of carbonyl (C=O) groups excluding carboxylic acids is 2. The van der Waals surface area contributed by atoms with Gasteiger partial charge in [0, 0.05) is 12.1 Å². The van der Waals surface area contributed by atoms with Gasteiger partial charge in [-0.3, -0.25) is 19.9 Å². The number of anilines is 1. The normalized spacial score (nSPS) is 22.0. The predicted octanol–water partition coefficient (Wildman–Crippen LogP) is 3.44. The molecule has 3 aliphatic heterocycles. The Morgan fingerprint density at radius 2 is 1.95 bits per heavy atom. The number of nitrogens with one attached hydrogen (secondary N) is 2. The number of nitrogens with zero attached hydrogens (tertiary/aromatic N) is 3. The second-order valence-electron chi connectivity index (χ2n) is 9.74. The third-order valence-electron chi connectivity index (χ3n) is 6.93. The molecule has 12 heteroatoms. The van der Waals surface area contributed by atoms with E-state index >= 15 is 0 Å². The number of amides is 2. The molecular formula is C25H27F4N5O3. The van der Waals surface area contributed by atoms with Gasteiger partial charge in [-0.25, -0.2) is 23.2 Å². The molecule has 1 aromatic carbocycles. The van der Waals surface area contributed by atoms with Gasteiger partial charge in [0.15, 0.2) is 17.7 Å².